The van der Waals surface area contributed by atoms with E-state index in [9.17, 15) is 9.59 Å². The van der Waals surface area contributed by atoms with Crippen molar-refractivity contribution in [3.8, 4) is 0 Å². The van der Waals surface area contributed by atoms with E-state index in [4.69, 9.17) is 0 Å². The normalized spacial score (nSPS) is 13.3. The molecule has 0 aromatic carbocycles. The van der Waals surface area contributed by atoms with Gasteiger partial charge in [-0.2, -0.15) is 0 Å². The Balaban J connectivity index is 0. The fraction of sp³-hybridized carbons (Fsp3) is 0.556. The standard InChI is InChI=1S/C5H5NO2.2C2H6/c7-4-2-1-3-5(8)6-4;2*1-2/h1-2H,3H2,(H,6,7,8);2*1-2H3. The third-order valence-electron chi connectivity index (χ3n) is 0.835. The van der Waals surface area contributed by atoms with E-state index < -0.39 is 0 Å². The monoisotopic (exact) mass is 171 g/mol. The quantitative estimate of drug-likeness (QED) is 0.563. The Morgan fingerprint density at radius 2 is 1.67 bits per heavy atom. The fourth-order valence-corrected chi connectivity index (χ4v) is 0.503. The Morgan fingerprint density at radius 1 is 1.17 bits per heavy atom. The van der Waals surface area contributed by atoms with Crippen molar-refractivity contribution < 1.29 is 9.59 Å². The highest BCUT2D eigenvalue weighted by atomic mass is 16.2. The van der Waals surface area contributed by atoms with Crippen molar-refractivity contribution in [3.05, 3.63) is 12.2 Å². The van der Waals surface area contributed by atoms with Crippen molar-refractivity contribution in [1.29, 1.82) is 0 Å². The average molecular weight is 171 g/mol. The van der Waals surface area contributed by atoms with Gasteiger partial charge < -0.3 is 0 Å². The lowest BCUT2D eigenvalue weighted by atomic mass is 10.3. The second-order valence-electron chi connectivity index (χ2n) is 1.52. The molecule has 0 bridgehead atoms. The molecule has 12 heavy (non-hydrogen) atoms. The lowest BCUT2D eigenvalue weighted by Crippen LogP contribution is -2.30. The summed E-state index contributed by atoms with van der Waals surface area (Å²) in [5.41, 5.74) is 0. The van der Waals surface area contributed by atoms with Crippen LogP contribution in [0.3, 0.4) is 0 Å². The van der Waals surface area contributed by atoms with Gasteiger partial charge >= 0.3 is 0 Å². The van der Waals surface area contributed by atoms with Gasteiger partial charge in [-0.05, 0) is 6.08 Å². The van der Waals surface area contributed by atoms with Gasteiger partial charge in [0.25, 0.3) is 0 Å². The van der Waals surface area contributed by atoms with Gasteiger partial charge in [-0.1, -0.05) is 33.8 Å². The van der Waals surface area contributed by atoms with Crippen LogP contribution in [0.4, 0.5) is 0 Å². The van der Waals surface area contributed by atoms with Gasteiger partial charge in [0, 0.05) is 6.42 Å². The van der Waals surface area contributed by atoms with Crippen LogP contribution in [0.5, 0.6) is 0 Å². The molecule has 1 aliphatic heterocycles. The molecule has 0 saturated heterocycles. The molecule has 1 rings (SSSR count). The molecule has 0 saturated carbocycles. The van der Waals surface area contributed by atoms with E-state index in [0.717, 1.165) is 0 Å². The Labute approximate surface area is 73.8 Å². The molecule has 0 aromatic heterocycles. The van der Waals surface area contributed by atoms with Crippen molar-refractivity contribution in [2.45, 2.75) is 34.1 Å². The first-order valence-electron chi connectivity index (χ1n) is 4.29. The van der Waals surface area contributed by atoms with Crippen LogP contribution in [-0.4, -0.2) is 11.8 Å². The number of amides is 2. The van der Waals surface area contributed by atoms with Crippen molar-refractivity contribution in [2.75, 3.05) is 0 Å². The summed E-state index contributed by atoms with van der Waals surface area (Å²) in [5.74, 6) is -0.543. The molecule has 2 amide bonds. The van der Waals surface area contributed by atoms with E-state index in [1.807, 2.05) is 27.7 Å². The zero-order valence-corrected chi connectivity index (χ0v) is 8.18. The minimum Gasteiger partial charge on any atom is -0.293 e. The molecule has 0 fully saturated rings. The Hall–Kier alpha value is -1.12. The van der Waals surface area contributed by atoms with Crippen molar-refractivity contribution in [1.82, 2.24) is 5.32 Å². The minimum atomic E-state index is -0.318. The summed E-state index contributed by atoms with van der Waals surface area (Å²) in [6.07, 6.45) is 3.22. The van der Waals surface area contributed by atoms with Crippen molar-refractivity contribution in [3.63, 3.8) is 0 Å². The maximum Gasteiger partial charge on any atom is 0.250 e. The van der Waals surface area contributed by atoms with Gasteiger partial charge in [0.15, 0.2) is 0 Å². The van der Waals surface area contributed by atoms with Gasteiger partial charge in [0.05, 0.1) is 0 Å². The van der Waals surface area contributed by atoms with Gasteiger partial charge in [-0.15, -0.1) is 0 Å². The van der Waals surface area contributed by atoms with Crippen LogP contribution in [-0.2, 0) is 9.59 Å². The lowest BCUT2D eigenvalue weighted by Gasteiger charge is -2.00. The highest BCUT2D eigenvalue weighted by Gasteiger charge is 2.06. The maximum atomic E-state index is 10.3. The summed E-state index contributed by atoms with van der Waals surface area (Å²) in [5, 5.41) is 2.11. The first kappa shape index (κ1) is 13.5. The number of hydrogen-bond acceptors (Lipinski definition) is 2. The maximum absolute atomic E-state index is 10.3. The number of imide groups is 1. The van der Waals surface area contributed by atoms with Crippen LogP contribution < -0.4 is 5.32 Å². The van der Waals surface area contributed by atoms with E-state index in [-0.39, 0.29) is 11.8 Å². The SMILES string of the molecule is CC.CC.O=C1C=CCC(=O)N1. The zero-order chi connectivity index (χ0) is 9.98. The first-order chi connectivity index (χ1) is 5.79. The second kappa shape index (κ2) is 9.88. The summed E-state index contributed by atoms with van der Waals surface area (Å²) in [6.45, 7) is 8.00. The predicted molar refractivity (Wildman–Crippen MR) is 49.6 cm³/mol. The van der Waals surface area contributed by atoms with E-state index in [1.54, 1.807) is 6.08 Å². The number of nitrogens with one attached hydrogen (secondary N) is 1. The van der Waals surface area contributed by atoms with E-state index >= 15 is 0 Å². The molecule has 0 unspecified atom stereocenters. The summed E-state index contributed by atoms with van der Waals surface area (Å²) >= 11 is 0. The molecule has 3 nitrogen and oxygen atoms in total. The topological polar surface area (TPSA) is 46.2 Å². The van der Waals surface area contributed by atoms with Crippen molar-refractivity contribution in [2.24, 2.45) is 0 Å². The number of rotatable bonds is 0. The van der Waals surface area contributed by atoms with Crippen LogP contribution in [0.25, 0.3) is 0 Å². The first-order valence-corrected chi connectivity index (χ1v) is 4.29. The highest BCUT2D eigenvalue weighted by Crippen LogP contribution is 1.89. The number of carbonyl (C=O) groups excluding carboxylic acids is 2. The molecular formula is C9H17NO2. The molecule has 1 N–H and O–H groups in total. The van der Waals surface area contributed by atoms with Gasteiger partial charge in [0.2, 0.25) is 11.8 Å². The fourth-order valence-electron chi connectivity index (χ4n) is 0.503. The molecule has 70 valence electrons. The summed E-state index contributed by atoms with van der Waals surface area (Å²) in [4.78, 5) is 20.5. The average Bonchev–Trinajstić information content (AvgIpc) is 2.11. The molecule has 3 heteroatoms. The lowest BCUT2D eigenvalue weighted by molar-refractivity contribution is -0.128. The third-order valence-corrected chi connectivity index (χ3v) is 0.835. The van der Waals surface area contributed by atoms with Gasteiger partial charge in [-0.25, -0.2) is 0 Å². The van der Waals surface area contributed by atoms with Crippen LogP contribution >= 0.6 is 0 Å². The highest BCUT2D eigenvalue weighted by molar-refractivity contribution is 6.03. The Kier molecular flexibility index (Phi) is 11.1. The van der Waals surface area contributed by atoms with Crippen LogP contribution in [0.15, 0.2) is 12.2 Å². The Morgan fingerprint density at radius 3 is 1.92 bits per heavy atom. The minimum absolute atomic E-state index is 0.225. The molecule has 1 aliphatic rings. The van der Waals surface area contributed by atoms with E-state index in [2.05, 4.69) is 5.32 Å². The predicted octanol–water partition coefficient (Wildman–Crippen LogP) is 1.64. The summed E-state index contributed by atoms with van der Waals surface area (Å²) < 4.78 is 0. The molecule has 0 atom stereocenters. The molecule has 0 radical (unpaired) electrons. The van der Waals surface area contributed by atoms with Gasteiger partial charge in [-0.3, -0.25) is 14.9 Å². The smallest absolute Gasteiger partial charge is 0.250 e. The van der Waals surface area contributed by atoms with Gasteiger partial charge in [0.1, 0.15) is 0 Å². The van der Waals surface area contributed by atoms with Crippen LogP contribution in [0.1, 0.15) is 34.1 Å². The molecular weight excluding hydrogens is 154 g/mol. The zero-order valence-electron chi connectivity index (χ0n) is 8.18. The summed E-state index contributed by atoms with van der Waals surface area (Å²) in [7, 11) is 0. The molecule has 0 aliphatic carbocycles. The van der Waals surface area contributed by atoms with E-state index in [1.165, 1.54) is 6.08 Å². The summed E-state index contributed by atoms with van der Waals surface area (Å²) in [6, 6.07) is 0. The number of hydrogen-bond donors (Lipinski definition) is 1. The largest absolute Gasteiger partial charge is 0.293 e. The van der Waals surface area contributed by atoms with Crippen molar-refractivity contribution >= 4 is 11.8 Å². The number of carbonyl (C=O) groups is 2. The van der Waals surface area contributed by atoms with Crippen LogP contribution in [0.2, 0.25) is 0 Å². The molecule has 0 spiro atoms. The molecule has 0 aromatic rings. The second-order valence-corrected chi connectivity index (χ2v) is 1.52. The van der Waals surface area contributed by atoms with Crippen LogP contribution in [0, 0.1) is 0 Å². The van der Waals surface area contributed by atoms with E-state index in [0.29, 0.717) is 6.42 Å². The third kappa shape index (κ3) is 6.99. The molecule has 1 heterocycles. The Bertz CT molecular complexity index is 162.